The van der Waals surface area contributed by atoms with E-state index in [1.165, 1.54) is 16.7 Å². The Kier molecular flexibility index (Phi) is 5.45. The van der Waals surface area contributed by atoms with E-state index in [4.69, 9.17) is 0 Å². The van der Waals surface area contributed by atoms with Gasteiger partial charge in [0.1, 0.15) is 11.6 Å². The lowest BCUT2D eigenvalue weighted by Crippen LogP contribution is -2.52. The molecule has 2 N–H and O–H groups in total. The normalized spacial score (nSPS) is 15.6. The van der Waals surface area contributed by atoms with Crippen molar-refractivity contribution in [3.63, 3.8) is 0 Å². The summed E-state index contributed by atoms with van der Waals surface area (Å²) in [6.45, 7) is 5.39. The predicted molar refractivity (Wildman–Crippen MR) is 111 cm³/mol. The van der Waals surface area contributed by atoms with Crippen molar-refractivity contribution in [2.45, 2.75) is 45.3 Å². The molecule has 9 heteroatoms. The first-order valence-corrected chi connectivity index (χ1v) is 10.1. The Morgan fingerprint density at radius 3 is 2.65 bits per heavy atom. The van der Waals surface area contributed by atoms with E-state index in [-0.39, 0.29) is 17.9 Å². The van der Waals surface area contributed by atoms with Gasteiger partial charge in [-0.05, 0) is 44.0 Å². The first-order valence-electron chi connectivity index (χ1n) is 10.1. The zero-order valence-electron chi connectivity index (χ0n) is 17.4. The lowest BCUT2D eigenvalue weighted by molar-refractivity contribution is 0.0638. The van der Waals surface area contributed by atoms with Gasteiger partial charge in [0, 0.05) is 37.9 Å². The molecule has 0 spiro atoms. The molecule has 3 aromatic rings. The number of aromatic nitrogens is 4. The topological polar surface area (TPSA) is 104 Å². The molecule has 0 atom stereocenters. The number of fused-ring (bicyclic) bond motifs is 1. The third kappa shape index (κ3) is 4.00. The van der Waals surface area contributed by atoms with Crippen LogP contribution < -0.4 is 5.56 Å². The number of hydrogen-bond donors (Lipinski definition) is 2. The monoisotopic (exact) mass is 425 g/mol. The fourth-order valence-electron chi connectivity index (χ4n) is 3.94. The molecule has 0 radical (unpaired) electrons. The molecule has 4 rings (SSSR count). The number of ketones is 1. The summed E-state index contributed by atoms with van der Waals surface area (Å²) in [7, 11) is 0. The minimum Gasteiger partial charge on any atom is -0.501 e. The molecule has 0 aliphatic carbocycles. The van der Waals surface area contributed by atoms with Crippen molar-refractivity contribution < 1.29 is 14.3 Å². The van der Waals surface area contributed by atoms with Gasteiger partial charge in [-0.3, -0.25) is 24.2 Å². The standard InChI is InChI=1S/C22H24FN5O3/c1-22(2)21-25-18(17(29)8-5-14-3-6-15(23)7-4-14)19(30)20(31)28(21)12-11-27(22)13-16-9-10-24-26-16/h3-4,6-7,9-10,30H,5,8,11-13H2,1-2H3,(H,24,26). The van der Waals surface area contributed by atoms with Crippen LogP contribution in [0, 0.1) is 5.82 Å². The fraction of sp³-hybridized carbons (Fsp3) is 0.364. The molecule has 31 heavy (non-hydrogen) atoms. The van der Waals surface area contributed by atoms with Crippen LogP contribution in [0.2, 0.25) is 0 Å². The van der Waals surface area contributed by atoms with Gasteiger partial charge in [-0.15, -0.1) is 0 Å². The number of nitrogens with zero attached hydrogens (tertiary/aromatic N) is 4. The number of carbonyl (C=O) groups is 1. The molecular weight excluding hydrogens is 401 g/mol. The Balaban J connectivity index is 1.62. The molecule has 2 aromatic heterocycles. The van der Waals surface area contributed by atoms with Crippen molar-refractivity contribution in [1.82, 2.24) is 24.6 Å². The number of aromatic hydroxyl groups is 1. The van der Waals surface area contributed by atoms with Gasteiger partial charge < -0.3 is 5.11 Å². The Labute approximate surface area is 178 Å². The number of Topliss-reactive ketones (excluding diaryl/α,β-unsaturated/α-hetero) is 1. The van der Waals surface area contributed by atoms with E-state index in [1.54, 1.807) is 18.3 Å². The highest BCUT2D eigenvalue weighted by molar-refractivity contribution is 5.96. The number of aromatic amines is 1. The Morgan fingerprint density at radius 2 is 1.97 bits per heavy atom. The Morgan fingerprint density at radius 1 is 1.23 bits per heavy atom. The van der Waals surface area contributed by atoms with Crippen LogP contribution in [-0.2, 0) is 25.0 Å². The number of hydrogen-bond acceptors (Lipinski definition) is 6. The van der Waals surface area contributed by atoms with Crippen LogP contribution >= 0.6 is 0 Å². The molecule has 3 heterocycles. The van der Waals surface area contributed by atoms with Crippen molar-refractivity contribution in [1.29, 1.82) is 0 Å². The molecule has 0 amide bonds. The zero-order chi connectivity index (χ0) is 22.2. The van der Waals surface area contributed by atoms with Gasteiger partial charge in [-0.1, -0.05) is 12.1 Å². The molecule has 0 bridgehead atoms. The average Bonchev–Trinajstić information content (AvgIpc) is 3.25. The summed E-state index contributed by atoms with van der Waals surface area (Å²) in [5.41, 5.74) is 0.245. The first kappa shape index (κ1) is 20.9. The highest BCUT2D eigenvalue weighted by Gasteiger charge is 2.38. The molecular formula is C22H24FN5O3. The van der Waals surface area contributed by atoms with Crippen LogP contribution in [0.4, 0.5) is 4.39 Å². The number of halogens is 1. The van der Waals surface area contributed by atoms with Gasteiger partial charge in [0.2, 0.25) is 5.75 Å². The van der Waals surface area contributed by atoms with Gasteiger partial charge >= 0.3 is 0 Å². The second-order valence-electron chi connectivity index (χ2n) is 8.20. The van der Waals surface area contributed by atoms with Crippen LogP contribution in [0.5, 0.6) is 5.75 Å². The van der Waals surface area contributed by atoms with Crippen LogP contribution in [0.15, 0.2) is 41.3 Å². The van der Waals surface area contributed by atoms with Crippen LogP contribution in [0.1, 0.15) is 47.8 Å². The number of H-pyrrole nitrogens is 1. The number of rotatable bonds is 6. The first-order chi connectivity index (χ1) is 14.8. The maximum Gasteiger partial charge on any atom is 0.296 e. The minimum atomic E-state index is -0.651. The summed E-state index contributed by atoms with van der Waals surface area (Å²) < 4.78 is 14.5. The second-order valence-corrected chi connectivity index (χ2v) is 8.20. The van der Waals surface area contributed by atoms with Gasteiger partial charge in [-0.25, -0.2) is 9.37 Å². The molecule has 0 saturated heterocycles. The predicted octanol–water partition coefficient (Wildman–Crippen LogP) is 2.38. The van der Waals surface area contributed by atoms with Crippen LogP contribution in [0.3, 0.4) is 0 Å². The van der Waals surface area contributed by atoms with E-state index < -0.39 is 22.6 Å². The Hall–Kier alpha value is -3.33. The number of aryl methyl sites for hydroxylation is 1. The van der Waals surface area contributed by atoms with Gasteiger partial charge in [0.05, 0.1) is 5.54 Å². The molecule has 1 aliphatic rings. The van der Waals surface area contributed by atoms with E-state index in [2.05, 4.69) is 20.1 Å². The maximum atomic E-state index is 13.1. The largest absolute Gasteiger partial charge is 0.501 e. The van der Waals surface area contributed by atoms with Crippen molar-refractivity contribution >= 4 is 5.78 Å². The zero-order valence-corrected chi connectivity index (χ0v) is 17.4. The van der Waals surface area contributed by atoms with E-state index in [9.17, 15) is 19.1 Å². The second kappa shape index (κ2) is 8.07. The van der Waals surface area contributed by atoms with Gasteiger partial charge in [0.25, 0.3) is 5.56 Å². The number of carbonyl (C=O) groups excluding carboxylic acids is 1. The van der Waals surface area contributed by atoms with Gasteiger partial charge in [0.15, 0.2) is 11.5 Å². The lowest BCUT2D eigenvalue weighted by Gasteiger charge is -2.43. The third-order valence-corrected chi connectivity index (χ3v) is 5.81. The van der Waals surface area contributed by atoms with E-state index in [1.807, 2.05) is 19.9 Å². The molecule has 1 aliphatic heterocycles. The van der Waals surface area contributed by atoms with E-state index >= 15 is 0 Å². The summed E-state index contributed by atoms with van der Waals surface area (Å²) in [5.74, 6) is -0.959. The highest BCUT2D eigenvalue weighted by Crippen LogP contribution is 2.32. The summed E-state index contributed by atoms with van der Waals surface area (Å²) in [4.78, 5) is 32.2. The minimum absolute atomic E-state index is 0.0490. The molecule has 8 nitrogen and oxygen atoms in total. The van der Waals surface area contributed by atoms with Crippen molar-refractivity contribution in [2.75, 3.05) is 6.54 Å². The molecule has 0 unspecified atom stereocenters. The lowest BCUT2D eigenvalue weighted by atomic mass is 9.97. The van der Waals surface area contributed by atoms with Crippen molar-refractivity contribution in [2.24, 2.45) is 0 Å². The average molecular weight is 425 g/mol. The van der Waals surface area contributed by atoms with E-state index in [0.29, 0.717) is 31.9 Å². The smallest absolute Gasteiger partial charge is 0.296 e. The van der Waals surface area contributed by atoms with Crippen molar-refractivity contribution in [3.8, 4) is 5.75 Å². The molecule has 162 valence electrons. The summed E-state index contributed by atoms with van der Waals surface area (Å²) >= 11 is 0. The Bertz CT molecular complexity index is 1150. The molecule has 0 fully saturated rings. The third-order valence-electron chi connectivity index (χ3n) is 5.81. The summed E-state index contributed by atoms with van der Waals surface area (Å²) in [6, 6.07) is 7.75. The van der Waals surface area contributed by atoms with E-state index in [0.717, 1.165) is 11.3 Å². The highest BCUT2D eigenvalue weighted by atomic mass is 19.1. The SMILES string of the molecule is CC1(C)c2nc(C(=O)CCc3ccc(F)cc3)c(O)c(=O)n2CCN1Cc1ccn[nH]1. The summed E-state index contributed by atoms with van der Waals surface area (Å²) in [5, 5.41) is 17.3. The quantitative estimate of drug-likeness (QED) is 0.588. The molecule has 1 aromatic carbocycles. The summed E-state index contributed by atoms with van der Waals surface area (Å²) in [6.07, 6.45) is 2.08. The fourth-order valence-corrected chi connectivity index (χ4v) is 3.94. The van der Waals surface area contributed by atoms with Crippen LogP contribution in [-0.4, -0.2) is 42.1 Å². The number of nitrogens with one attached hydrogen (secondary N) is 1. The van der Waals surface area contributed by atoms with Crippen molar-refractivity contribution in [3.05, 3.63) is 75.5 Å². The van der Waals surface area contributed by atoms with Crippen LogP contribution in [0.25, 0.3) is 0 Å². The molecule has 0 saturated carbocycles. The van der Waals surface area contributed by atoms with Gasteiger partial charge in [-0.2, -0.15) is 5.10 Å². The number of benzene rings is 1. The maximum absolute atomic E-state index is 13.1.